The first-order valence-electron chi connectivity index (χ1n) is 8.88. The van der Waals surface area contributed by atoms with Crippen LogP contribution in [0.3, 0.4) is 0 Å². The highest BCUT2D eigenvalue weighted by Crippen LogP contribution is 2.40. The van der Waals surface area contributed by atoms with Crippen LogP contribution in [0.2, 0.25) is 5.02 Å². The van der Waals surface area contributed by atoms with Crippen molar-refractivity contribution < 1.29 is 17.9 Å². The standard InChI is InChI=1S/C20H19ClN2O4S/c1-13-6-7-14(12-16(13)21)22-18-15-4-2-3-5-17(15)28(25,26)19(18)20(24)23-8-10-27-11-9-23/h2-7,12,22H,8-11H2,1H3. The first-order chi connectivity index (χ1) is 13.4. The summed E-state index contributed by atoms with van der Waals surface area (Å²) in [4.78, 5) is 14.6. The van der Waals surface area contributed by atoms with E-state index in [1.54, 1.807) is 30.3 Å². The monoisotopic (exact) mass is 418 g/mol. The molecule has 6 nitrogen and oxygen atoms in total. The highest BCUT2D eigenvalue weighted by Gasteiger charge is 2.41. The van der Waals surface area contributed by atoms with Crippen molar-refractivity contribution in [1.29, 1.82) is 0 Å². The van der Waals surface area contributed by atoms with Gasteiger partial charge < -0.3 is 15.0 Å². The summed E-state index contributed by atoms with van der Waals surface area (Å²) in [6.07, 6.45) is 0. The number of nitrogens with one attached hydrogen (secondary N) is 1. The Bertz CT molecular complexity index is 1090. The summed E-state index contributed by atoms with van der Waals surface area (Å²) < 4.78 is 31.7. The molecule has 28 heavy (non-hydrogen) atoms. The van der Waals surface area contributed by atoms with Crippen LogP contribution >= 0.6 is 11.6 Å². The van der Waals surface area contributed by atoms with Crippen molar-refractivity contribution in [3.63, 3.8) is 0 Å². The largest absolute Gasteiger partial charge is 0.378 e. The highest BCUT2D eigenvalue weighted by molar-refractivity contribution is 7.97. The Morgan fingerprint density at radius 1 is 1.14 bits per heavy atom. The number of carbonyl (C=O) groups is 1. The molecule has 0 aromatic heterocycles. The van der Waals surface area contributed by atoms with Gasteiger partial charge in [-0.05, 0) is 30.7 Å². The number of hydrogen-bond acceptors (Lipinski definition) is 5. The molecule has 0 bridgehead atoms. The van der Waals surface area contributed by atoms with E-state index in [-0.39, 0.29) is 15.5 Å². The van der Waals surface area contributed by atoms with Crippen molar-refractivity contribution in [3.05, 3.63) is 63.5 Å². The van der Waals surface area contributed by atoms with Crippen LogP contribution in [-0.2, 0) is 19.4 Å². The topological polar surface area (TPSA) is 75.7 Å². The van der Waals surface area contributed by atoms with Gasteiger partial charge in [-0.15, -0.1) is 0 Å². The molecular formula is C20H19ClN2O4S. The van der Waals surface area contributed by atoms with Crippen molar-refractivity contribution in [2.45, 2.75) is 11.8 Å². The van der Waals surface area contributed by atoms with Crippen LogP contribution in [0.25, 0.3) is 5.70 Å². The van der Waals surface area contributed by atoms with Gasteiger partial charge in [-0.3, -0.25) is 4.79 Å². The average molecular weight is 419 g/mol. The molecule has 2 aliphatic rings. The number of nitrogens with zero attached hydrogens (tertiary/aromatic N) is 1. The lowest BCUT2D eigenvalue weighted by Gasteiger charge is -2.27. The highest BCUT2D eigenvalue weighted by atomic mass is 35.5. The second kappa shape index (κ2) is 7.24. The summed E-state index contributed by atoms with van der Waals surface area (Å²) >= 11 is 6.21. The molecule has 0 radical (unpaired) electrons. The van der Waals surface area contributed by atoms with Crippen LogP contribution in [-0.4, -0.2) is 45.5 Å². The van der Waals surface area contributed by atoms with Crippen molar-refractivity contribution >= 4 is 38.7 Å². The summed E-state index contributed by atoms with van der Waals surface area (Å²) in [6.45, 7) is 3.38. The van der Waals surface area contributed by atoms with E-state index in [4.69, 9.17) is 16.3 Å². The Hall–Kier alpha value is -2.35. The summed E-state index contributed by atoms with van der Waals surface area (Å²) in [7, 11) is -3.93. The van der Waals surface area contributed by atoms with Gasteiger partial charge >= 0.3 is 0 Å². The minimum atomic E-state index is -3.93. The fraction of sp³-hybridized carbons (Fsp3) is 0.250. The zero-order valence-corrected chi connectivity index (χ0v) is 16.8. The third-order valence-corrected chi connectivity index (χ3v) is 7.13. The minimum absolute atomic E-state index is 0.132. The Kier molecular flexibility index (Phi) is 4.91. The molecule has 0 unspecified atom stereocenters. The summed E-state index contributed by atoms with van der Waals surface area (Å²) in [5.74, 6) is -0.514. The predicted molar refractivity (Wildman–Crippen MR) is 108 cm³/mol. The second-order valence-corrected chi connectivity index (χ2v) is 8.96. The van der Waals surface area contributed by atoms with Gasteiger partial charge in [0.2, 0.25) is 9.84 Å². The van der Waals surface area contributed by atoms with Crippen molar-refractivity contribution in [2.24, 2.45) is 0 Å². The van der Waals surface area contributed by atoms with Gasteiger partial charge in [-0.2, -0.15) is 0 Å². The number of aryl methyl sites for hydroxylation is 1. The maximum atomic E-state index is 13.2. The smallest absolute Gasteiger partial charge is 0.268 e. The Morgan fingerprint density at radius 3 is 2.57 bits per heavy atom. The van der Waals surface area contributed by atoms with Crippen LogP contribution in [0.5, 0.6) is 0 Å². The molecule has 146 valence electrons. The van der Waals surface area contributed by atoms with E-state index in [9.17, 15) is 13.2 Å². The van der Waals surface area contributed by atoms with Crippen LogP contribution in [0.4, 0.5) is 5.69 Å². The van der Waals surface area contributed by atoms with Gasteiger partial charge in [0.05, 0.1) is 23.8 Å². The summed E-state index contributed by atoms with van der Waals surface area (Å²) in [6, 6.07) is 12.0. The molecule has 2 heterocycles. The number of halogens is 1. The average Bonchev–Trinajstić information content (AvgIpc) is 2.92. The number of amides is 1. The van der Waals surface area contributed by atoms with E-state index in [1.165, 1.54) is 11.0 Å². The number of fused-ring (bicyclic) bond motifs is 1. The number of rotatable bonds is 3. The van der Waals surface area contributed by atoms with E-state index in [2.05, 4.69) is 5.32 Å². The molecule has 8 heteroatoms. The Morgan fingerprint density at radius 2 is 1.86 bits per heavy atom. The van der Waals surface area contributed by atoms with E-state index >= 15 is 0 Å². The maximum absolute atomic E-state index is 13.2. The fourth-order valence-electron chi connectivity index (χ4n) is 3.35. The third kappa shape index (κ3) is 3.19. The van der Waals surface area contributed by atoms with Gasteiger partial charge in [-0.1, -0.05) is 35.9 Å². The van der Waals surface area contributed by atoms with Crippen molar-refractivity contribution in [3.8, 4) is 0 Å². The van der Waals surface area contributed by atoms with Gasteiger partial charge in [0.15, 0.2) is 4.91 Å². The first-order valence-corrected chi connectivity index (χ1v) is 10.7. The normalized spacial score (nSPS) is 18.1. The number of hydrogen-bond donors (Lipinski definition) is 1. The molecular weight excluding hydrogens is 400 g/mol. The molecule has 1 N–H and O–H groups in total. The lowest BCUT2D eigenvalue weighted by Crippen LogP contribution is -2.42. The number of ether oxygens (including phenoxy) is 1. The molecule has 4 rings (SSSR count). The number of sulfone groups is 1. The molecule has 0 spiro atoms. The van der Waals surface area contributed by atoms with Crippen molar-refractivity contribution in [1.82, 2.24) is 4.90 Å². The molecule has 0 aliphatic carbocycles. The quantitative estimate of drug-likeness (QED) is 0.829. The second-order valence-electron chi connectivity index (χ2n) is 6.70. The molecule has 2 aliphatic heterocycles. The predicted octanol–water partition coefficient (Wildman–Crippen LogP) is 3.08. The van der Waals surface area contributed by atoms with Gasteiger partial charge in [0.1, 0.15) is 0 Å². The maximum Gasteiger partial charge on any atom is 0.268 e. The number of carbonyl (C=O) groups excluding carboxylic acids is 1. The zero-order valence-electron chi connectivity index (χ0n) is 15.2. The lowest BCUT2D eigenvalue weighted by atomic mass is 10.1. The SMILES string of the molecule is Cc1ccc(NC2=C(C(=O)N3CCOCC3)S(=O)(=O)c3ccccc32)cc1Cl. The molecule has 0 atom stereocenters. The van der Waals surface area contributed by atoms with Gasteiger partial charge in [-0.25, -0.2) is 8.42 Å². The van der Waals surface area contributed by atoms with Crippen molar-refractivity contribution in [2.75, 3.05) is 31.6 Å². The van der Waals surface area contributed by atoms with Gasteiger partial charge in [0.25, 0.3) is 5.91 Å². The van der Waals surface area contributed by atoms with Gasteiger partial charge in [0, 0.05) is 29.4 Å². The summed E-state index contributed by atoms with van der Waals surface area (Å²) in [5.41, 5.74) is 2.29. The number of anilines is 1. The van der Waals surface area contributed by atoms with E-state index in [0.29, 0.717) is 42.6 Å². The molecule has 2 aromatic carbocycles. The summed E-state index contributed by atoms with van der Waals surface area (Å²) in [5, 5.41) is 3.68. The number of benzene rings is 2. The first kappa shape index (κ1) is 19.0. The molecule has 2 aromatic rings. The van der Waals surface area contributed by atoms with Crippen LogP contribution < -0.4 is 5.32 Å². The molecule has 0 saturated carbocycles. The Balaban J connectivity index is 1.84. The van der Waals surface area contributed by atoms with E-state index < -0.39 is 15.7 Å². The molecule has 1 saturated heterocycles. The zero-order chi connectivity index (χ0) is 19.9. The van der Waals surface area contributed by atoms with E-state index in [1.807, 2.05) is 13.0 Å². The molecule has 1 amide bonds. The Labute approximate surface area is 168 Å². The minimum Gasteiger partial charge on any atom is -0.378 e. The van der Waals surface area contributed by atoms with E-state index in [0.717, 1.165) is 5.56 Å². The van der Waals surface area contributed by atoms with Crippen LogP contribution in [0.1, 0.15) is 11.1 Å². The van der Waals surface area contributed by atoms with Crippen LogP contribution in [0, 0.1) is 6.92 Å². The third-order valence-electron chi connectivity index (χ3n) is 4.88. The fourth-order valence-corrected chi connectivity index (χ4v) is 5.25. The lowest BCUT2D eigenvalue weighted by molar-refractivity contribution is -0.130. The van der Waals surface area contributed by atoms with Crippen LogP contribution in [0.15, 0.2) is 52.3 Å². The molecule has 1 fully saturated rings. The number of morpholine rings is 1.